The van der Waals surface area contributed by atoms with E-state index >= 15 is 0 Å². The fourth-order valence-electron chi connectivity index (χ4n) is 2.80. The number of hydrogen-bond donors (Lipinski definition) is 0. The van der Waals surface area contributed by atoms with Gasteiger partial charge in [0.15, 0.2) is 6.10 Å². The van der Waals surface area contributed by atoms with Gasteiger partial charge in [-0.3, -0.25) is 4.79 Å². The highest BCUT2D eigenvalue weighted by atomic mass is 19.4. The lowest BCUT2D eigenvalue weighted by atomic mass is 9.89. The Kier molecular flexibility index (Phi) is 4.94. The van der Waals surface area contributed by atoms with Crippen molar-refractivity contribution >= 4 is 5.91 Å². The number of carbonyl (C=O) groups excluding carboxylic acids is 1. The molecule has 1 atom stereocenters. The van der Waals surface area contributed by atoms with Gasteiger partial charge in [0.25, 0.3) is 5.91 Å². The summed E-state index contributed by atoms with van der Waals surface area (Å²) >= 11 is 0. The quantitative estimate of drug-likeness (QED) is 0.835. The van der Waals surface area contributed by atoms with Crippen molar-refractivity contribution in [1.29, 1.82) is 10.5 Å². The summed E-state index contributed by atoms with van der Waals surface area (Å²) in [6.07, 6.45) is -5.48. The van der Waals surface area contributed by atoms with E-state index in [9.17, 15) is 18.0 Å². The molecule has 0 bridgehead atoms. The highest BCUT2D eigenvalue weighted by molar-refractivity contribution is 5.84. The van der Waals surface area contributed by atoms with Crippen LogP contribution >= 0.6 is 0 Å². The predicted molar refractivity (Wildman–Crippen MR) is 81.2 cm³/mol. The van der Waals surface area contributed by atoms with E-state index in [1.807, 2.05) is 6.07 Å². The molecule has 1 aliphatic rings. The Morgan fingerprint density at radius 3 is 2.60 bits per heavy atom. The van der Waals surface area contributed by atoms with E-state index in [2.05, 4.69) is 0 Å². The highest BCUT2D eigenvalue weighted by Crippen LogP contribution is 2.37. The molecule has 0 saturated carbocycles. The van der Waals surface area contributed by atoms with Gasteiger partial charge >= 0.3 is 6.18 Å². The second kappa shape index (κ2) is 6.64. The third kappa shape index (κ3) is 3.85. The van der Waals surface area contributed by atoms with E-state index in [4.69, 9.17) is 15.3 Å². The van der Waals surface area contributed by atoms with Gasteiger partial charge in [-0.15, -0.1) is 0 Å². The maximum absolute atomic E-state index is 13.0. The Hall–Kier alpha value is -2.74. The zero-order valence-corrected chi connectivity index (χ0v) is 13.7. The average Bonchev–Trinajstić information content (AvgIpc) is 2.75. The Morgan fingerprint density at radius 1 is 1.36 bits per heavy atom. The molecular weight excluding hydrogens is 335 g/mol. The van der Waals surface area contributed by atoms with E-state index in [-0.39, 0.29) is 24.6 Å². The summed E-state index contributed by atoms with van der Waals surface area (Å²) < 4.78 is 44.7. The number of ether oxygens (including phenoxy) is 1. The number of rotatable bonds is 4. The smallest absolute Gasteiger partial charge is 0.417 e. The fourth-order valence-corrected chi connectivity index (χ4v) is 2.80. The normalized spacial score (nSPS) is 19.4. The molecule has 1 aromatic rings. The van der Waals surface area contributed by atoms with Crippen LogP contribution in [0, 0.1) is 28.1 Å². The van der Waals surface area contributed by atoms with Gasteiger partial charge in [-0.2, -0.15) is 23.7 Å². The SMILES string of the molecule is CC1(C)CN(CCC#N)C(=O)[C@@H]1Oc1ccc(C#N)c(C(F)(F)F)c1. The van der Waals surface area contributed by atoms with Crippen LogP contribution in [0.3, 0.4) is 0 Å². The van der Waals surface area contributed by atoms with Crippen molar-refractivity contribution in [2.75, 3.05) is 13.1 Å². The molecule has 5 nitrogen and oxygen atoms in total. The summed E-state index contributed by atoms with van der Waals surface area (Å²) in [5.41, 5.74) is -2.23. The molecule has 1 aromatic carbocycles. The topological polar surface area (TPSA) is 77.1 Å². The number of alkyl halides is 3. The van der Waals surface area contributed by atoms with Gasteiger partial charge in [0, 0.05) is 18.5 Å². The van der Waals surface area contributed by atoms with Crippen LogP contribution in [0.25, 0.3) is 0 Å². The Morgan fingerprint density at radius 2 is 2.04 bits per heavy atom. The van der Waals surface area contributed by atoms with Crippen molar-refractivity contribution in [3.8, 4) is 17.9 Å². The summed E-state index contributed by atoms with van der Waals surface area (Å²) in [7, 11) is 0. The number of likely N-dealkylation sites (tertiary alicyclic amines) is 1. The van der Waals surface area contributed by atoms with E-state index in [0.717, 1.165) is 12.1 Å². The first-order valence-electron chi connectivity index (χ1n) is 7.54. The fraction of sp³-hybridized carbons (Fsp3) is 0.471. The molecule has 1 amide bonds. The predicted octanol–water partition coefficient (Wildman–Crippen LogP) is 3.11. The third-order valence-corrected chi connectivity index (χ3v) is 4.01. The molecule has 1 heterocycles. The van der Waals surface area contributed by atoms with E-state index in [1.165, 1.54) is 17.0 Å². The molecule has 0 N–H and O–H groups in total. The molecular formula is C17H16F3N3O2. The van der Waals surface area contributed by atoms with Crippen LogP contribution in [0.2, 0.25) is 0 Å². The lowest BCUT2D eigenvalue weighted by Gasteiger charge is -2.24. The second-order valence-electron chi connectivity index (χ2n) is 6.47. The lowest BCUT2D eigenvalue weighted by molar-refractivity contribution is -0.138. The number of hydrogen-bond acceptors (Lipinski definition) is 4. The molecule has 2 rings (SSSR count). The van der Waals surface area contributed by atoms with Gasteiger partial charge in [0.2, 0.25) is 0 Å². The van der Waals surface area contributed by atoms with Crippen LogP contribution in [0.1, 0.15) is 31.4 Å². The van der Waals surface area contributed by atoms with Crippen molar-refractivity contribution in [3.63, 3.8) is 0 Å². The summed E-state index contributed by atoms with van der Waals surface area (Å²) in [5.74, 6) is -0.488. The third-order valence-electron chi connectivity index (χ3n) is 4.01. The van der Waals surface area contributed by atoms with E-state index < -0.39 is 28.8 Å². The first kappa shape index (κ1) is 18.6. The zero-order valence-electron chi connectivity index (χ0n) is 13.7. The minimum absolute atomic E-state index is 0.125. The molecule has 8 heteroatoms. The highest BCUT2D eigenvalue weighted by Gasteiger charge is 2.48. The molecule has 1 aliphatic heterocycles. The lowest BCUT2D eigenvalue weighted by Crippen LogP contribution is -2.36. The summed E-state index contributed by atoms with van der Waals surface area (Å²) in [6, 6.07) is 6.46. The number of benzene rings is 1. The maximum atomic E-state index is 13.0. The molecule has 1 fully saturated rings. The maximum Gasteiger partial charge on any atom is 0.417 e. The van der Waals surface area contributed by atoms with Crippen LogP contribution in [-0.2, 0) is 11.0 Å². The summed E-state index contributed by atoms with van der Waals surface area (Å²) in [6.45, 7) is 4.15. The minimum atomic E-state index is -4.70. The van der Waals surface area contributed by atoms with Crippen molar-refractivity contribution < 1.29 is 22.7 Å². The van der Waals surface area contributed by atoms with Gasteiger partial charge in [-0.05, 0) is 18.2 Å². The number of nitrogens with zero attached hydrogens (tertiary/aromatic N) is 3. The van der Waals surface area contributed by atoms with Crippen LogP contribution in [-0.4, -0.2) is 30.0 Å². The molecule has 0 aliphatic carbocycles. The largest absolute Gasteiger partial charge is 0.480 e. The first-order valence-corrected chi connectivity index (χ1v) is 7.54. The minimum Gasteiger partial charge on any atom is -0.480 e. The first-order chi connectivity index (χ1) is 11.6. The number of nitriles is 2. The molecule has 0 spiro atoms. The van der Waals surface area contributed by atoms with Crippen LogP contribution < -0.4 is 4.74 Å². The van der Waals surface area contributed by atoms with Crippen LogP contribution in [0.15, 0.2) is 18.2 Å². The molecule has 0 radical (unpaired) electrons. The van der Waals surface area contributed by atoms with Gasteiger partial charge < -0.3 is 9.64 Å². The molecule has 25 heavy (non-hydrogen) atoms. The van der Waals surface area contributed by atoms with Gasteiger partial charge in [0.05, 0.1) is 29.7 Å². The Balaban J connectivity index is 2.29. The zero-order chi connectivity index (χ0) is 18.8. The summed E-state index contributed by atoms with van der Waals surface area (Å²) in [5, 5.41) is 17.5. The number of carbonyl (C=O) groups is 1. The van der Waals surface area contributed by atoms with E-state index in [0.29, 0.717) is 6.54 Å². The van der Waals surface area contributed by atoms with Crippen molar-refractivity contribution in [2.45, 2.75) is 32.5 Å². The van der Waals surface area contributed by atoms with Gasteiger partial charge in [0.1, 0.15) is 5.75 Å². The molecule has 1 saturated heterocycles. The van der Waals surface area contributed by atoms with Crippen LogP contribution in [0.4, 0.5) is 13.2 Å². The molecule has 0 unspecified atom stereocenters. The van der Waals surface area contributed by atoms with E-state index in [1.54, 1.807) is 13.8 Å². The monoisotopic (exact) mass is 351 g/mol. The van der Waals surface area contributed by atoms with Crippen LogP contribution in [0.5, 0.6) is 5.75 Å². The second-order valence-corrected chi connectivity index (χ2v) is 6.47. The Bertz CT molecular complexity index is 760. The summed E-state index contributed by atoms with van der Waals surface area (Å²) in [4.78, 5) is 13.9. The number of halogens is 3. The van der Waals surface area contributed by atoms with Gasteiger partial charge in [-0.25, -0.2) is 0 Å². The average molecular weight is 351 g/mol. The Labute approximate surface area is 143 Å². The molecule has 132 valence electrons. The van der Waals surface area contributed by atoms with Crippen molar-refractivity contribution in [3.05, 3.63) is 29.3 Å². The number of amides is 1. The standard InChI is InChI=1S/C17H16F3N3O2/c1-16(2)10-23(7-3-6-21)15(24)14(16)25-12-5-4-11(9-22)13(8-12)17(18,19)20/h4-5,8,14H,3,7,10H2,1-2H3/t14-/m0/s1. The molecule has 0 aromatic heterocycles. The van der Waals surface area contributed by atoms with Gasteiger partial charge in [-0.1, -0.05) is 13.8 Å². The van der Waals surface area contributed by atoms with Crippen molar-refractivity contribution in [1.82, 2.24) is 4.90 Å². The van der Waals surface area contributed by atoms with Crippen molar-refractivity contribution in [2.24, 2.45) is 5.41 Å².